The smallest absolute Gasteiger partial charge is 0.375 e. The van der Waals surface area contributed by atoms with Crippen LogP contribution in [0.25, 0.3) is 5.57 Å². The largest absolute Gasteiger partial charge is 0.502 e. The Morgan fingerprint density at radius 1 is 0.964 bits per heavy atom. The number of aliphatic hydroxyl groups is 1. The van der Waals surface area contributed by atoms with E-state index in [0.29, 0.717) is 22.6 Å². The molecule has 1 aliphatic rings. The van der Waals surface area contributed by atoms with Gasteiger partial charge in [0.25, 0.3) is 0 Å². The number of cyclic esters (lactones) is 1. The maximum Gasteiger partial charge on any atom is 0.375 e. The molecular weight excluding hydrogens is 364 g/mol. The molecule has 3 rings (SSSR count). The van der Waals surface area contributed by atoms with Gasteiger partial charge in [-0.1, -0.05) is 24.3 Å². The molecule has 0 fully saturated rings. The maximum absolute atomic E-state index is 12.8. The summed E-state index contributed by atoms with van der Waals surface area (Å²) in [6.07, 6.45) is -0.0131. The van der Waals surface area contributed by atoms with Gasteiger partial charge in [-0.2, -0.15) is 0 Å². The van der Waals surface area contributed by atoms with Gasteiger partial charge in [0.1, 0.15) is 11.5 Å². The summed E-state index contributed by atoms with van der Waals surface area (Å²) < 4.78 is 20.6. The molecule has 1 N–H and O–H groups in total. The van der Waals surface area contributed by atoms with E-state index in [2.05, 4.69) is 0 Å². The van der Waals surface area contributed by atoms with Gasteiger partial charge in [-0.15, -0.1) is 0 Å². The molecule has 7 heteroatoms. The molecule has 1 heterocycles. The number of carbonyl (C=O) groups excluding carboxylic acids is 2. The molecule has 1 atom stereocenters. The lowest BCUT2D eigenvalue weighted by Crippen LogP contribution is -2.44. The summed E-state index contributed by atoms with van der Waals surface area (Å²) in [5, 5.41) is 10.4. The topological polar surface area (TPSA) is 91.3 Å². The van der Waals surface area contributed by atoms with Crippen LogP contribution in [0.15, 0.2) is 54.3 Å². The number of aliphatic hydroxyl groups excluding tert-OH is 1. The first-order valence-corrected chi connectivity index (χ1v) is 8.48. The molecule has 0 saturated carbocycles. The molecule has 2 aromatic carbocycles. The Hall–Kier alpha value is -3.48. The highest BCUT2D eigenvalue weighted by Gasteiger charge is 2.55. The fraction of sp³-hybridized carbons (Fsp3) is 0.238. The van der Waals surface area contributed by atoms with Gasteiger partial charge >= 0.3 is 11.9 Å². The van der Waals surface area contributed by atoms with E-state index in [9.17, 15) is 14.7 Å². The molecule has 0 radical (unpaired) electrons. The van der Waals surface area contributed by atoms with E-state index in [-0.39, 0.29) is 12.0 Å². The molecule has 0 spiro atoms. The predicted molar refractivity (Wildman–Crippen MR) is 100 cm³/mol. The number of ether oxygens (including phenoxy) is 4. The fourth-order valence-corrected chi connectivity index (χ4v) is 3.21. The second kappa shape index (κ2) is 7.64. The van der Waals surface area contributed by atoms with E-state index >= 15 is 0 Å². The van der Waals surface area contributed by atoms with E-state index in [4.69, 9.17) is 18.9 Å². The lowest BCUT2D eigenvalue weighted by atomic mass is 9.83. The third-order valence-corrected chi connectivity index (χ3v) is 4.61. The summed E-state index contributed by atoms with van der Waals surface area (Å²) in [4.78, 5) is 25.0. The van der Waals surface area contributed by atoms with Crippen molar-refractivity contribution >= 4 is 17.5 Å². The van der Waals surface area contributed by atoms with Gasteiger partial charge in [0.15, 0.2) is 0 Å². The van der Waals surface area contributed by atoms with Crippen molar-refractivity contribution in [1.29, 1.82) is 0 Å². The number of benzene rings is 2. The SMILES string of the molecule is COC(=O)C1(Cc2ccc(OC)cc2)OC(=O)C(O)=C1c1ccc(OC)cc1. The van der Waals surface area contributed by atoms with Crippen LogP contribution in [0, 0.1) is 0 Å². The van der Waals surface area contributed by atoms with Crippen molar-refractivity contribution in [3.05, 3.63) is 65.4 Å². The van der Waals surface area contributed by atoms with Gasteiger partial charge in [0.05, 0.1) is 26.9 Å². The molecule has 7 nitrogen and oxygen atoms in total. The maximum atomic E-state index is 12.8. The van der Waals surface area contributed by atoms with Crippen LogP contribution in [0.2, 0.25) is 0 Å². The Morgan fingerprint density at radius 3 is 2.00 bits per heavy atom. The molecule has 28 heavy (non-hydrogen) atoms. The first kappa shape index (κ1) is 19.3. The summed E-state index contributed by atoms with van der Waals surface area (Å²) in [7, 11) is 4.27. The summed E-state index contributed by atoms with van der Waals surface area (Å²) in [6.45, 7) is 0. The third kappa shape index (κ3) is 3.26. The molecule has 0 aromatic heterocycles. The highest BCUT2D eigenvalue weighted by molar-refractivity contribution is 6.11. The van der Waals surface area contributed by atoms with Crippen LogP contribution < -0.4 is 9.47 Å². The van der Waals surface area contributed by atoms with Crippen LogP contribution in [0.3, 0.4) is 0 Å². The van der Waals surface area contributed by atoms with Crippen LogP contribution in [-0.4, -0.2) is 44.0 Å². The standard InChI is InChI=1S/C21H20O7/c1-25-15-8-4-13(5-9-15)12-21(20(24)27-3)17(18(22)19(23)28-21)14-6-10-16(26-2)11-7-14/h4-11,22H,12H2,1-3H3. The summed E-state index contributed by atoms with van der Waals surface area (Å²) >= 11 is 0. The quantitative estimate of drug-likeness (QED) is 0.766. The van der Waals surface area contributed by atoms with E-state index < -0.39 is 23.3 Å². The minimum atomic E-state index is -1.81. The Morgan fingerprint density at radius 2 is 1.50 bits per heavy atom. The molecule has 2 aromatic rings. The molecule has 0 saturated heterocycles. The molecule has 1 unspecified atom stereocenters. The van der Waals surface area contributed by atoms with E-state index in [0.717, 1.165) is 0 Å². The Balaban J connectivity index is 2.10. The van der Waals surface area contributed by atoms with Gasteiger partial charge in [0, 0.05) is 6.42 Å². The number of hydrogen-bond donors (Lipinski definition) is 1. The lowest BCUT2D eigenvalue weighted by molar-refractivity contribution is -0.169. The van der Waals surface area contributed by atoms with Gasteiger partial charge in [0.2, 0.25) is 11.4 Å². The number of methoxy groups -OCH3 is 3. The van der Waals surface area contributed by atoms with Crippen LogP contribution in [0.4, 0.5) is 0 Å². The summed E-state index contributed by atoms with van der Waals surface area (Å²) in [5.41, 5.74) is -0.607. The average Bonchev–Trinajstić information content (AvgIpc) is 2.98. The molecule has 146 valence electrons. The van der Waals surface area contributed by atoms with Gasteiger partial charge in [-0.25, -0.2) is 9.59 Å². The first-order valence-electron chi connectivity index (χ1n) is 8.48. The van der Waals surface area contributed by atoms with Gasteiger partial charge < -0.3 is 24.1 Å². The minimum absolute atomic E-state index is 0.0131. The number of carbonyl (C=O) groups is 2. The number of hydrogen-bond acceptors (Lipinski definition) is 7. The molecular formula is C21H20O7. The zero-order chi connectivity index (χ0) is 20.3. The Labute approximate surface area is 162 Å². The van der Waals surface area contributed by atoms with Crippen LogP contribution in [-0.2, 0) is 25.5 Å². The molecule has 1 aliphatic heterocycles. The second-order valence-electron chi connectivity index (χ2n) is 6.19. The van der Waals surface area contributed by atoms with Gasteiger partial charge in [-0.3, -0.25) is 0 Å². The first-order chi connectivity index (χ1) is 13.4. The third-order valence-electron chi connectivity index (χ3n) is 4.61. The van der Waals surface area contributed by atoms with E-state index in [1.54, 1.807) is 55.6 Å². The van der Waals surface area contributed by atoms with Crippen LogP contribution in [0.1, 0.15) is 11.1 Å². The van der Waals surface area contributed by atoms with E-state index in [1.807, 2.05) is 0 Å². The lowest BCUT2D eigenvalue weighted by Gasteiger charge is -2.28. The Kier molecular flexibility index (Phi) is 5.26. The van der Waals surface area contributed by atoms with Crippen molar-refractivity contribution < 1.29 is 33.6 Å². The van der Waals surface area contributed by atoms with Crippen molar-refractivity contribution in [3.63, 3.8) is 0 Å². The normalized spacial score (nSPS) is 18.6. The second-order valence-corrected chi connectivity index (χ2v) is 6.19. The zero-order valence-corrected chi connectivity index (χ0v) is 15.7. The van der Waals surface area contributed by atoms with Gasteiger partial charge in [-0.05, 0) is 35.4 Å². The highest BCUT2D eigenvalue weighted by Crippen LogP contribution is 2.42. The average molecular weight is 384 g/mol. The monoisotopic (exact) mass is 384 g/mol. The van der Waals surface area contributed by atoms with Crippen molar-refractivity contribution in [2.24, 2.45) is 0 Å². The molecule has 0 bridgehead atoms. The summed E-state index contributed by atoms with van der Waals surface area (Å²) in [5.74, 6) is -1.15. The highest BCUT2D eigenvalue weighted by atomic mass is 16.6. The van der Waals surface area contributed by atoms with Crippen molar-refractivity contribution in [1.82, 2.24) is 0 Å². The number of rotatable bonds is 6. The van der Waals surface area contributed by atoms with Crippen LogP contribution >= 0.6 is 0 Å². The van der Waals surface area contributed by atoms with E-state index in [1.165, 1.54) is 14.2 Å². The van der Waals surface area contributed by atoms with Crippen molar-refractivity contribution in [2.45, 2.75) is 12.0 Å². The molecule has 0 amide bonds. The number of esters is 2. The Bertz CT molecular complexity index is 913. The predicted octanol–water partition coefficient (Wildman–Crippen LogP) is 2.68. The minimum Gasteiger partial charge on any atom is -0.502 e. The van der Waals surface area contributed by atoms with Crippen LogP contribution in [0.5, 0.6) is 11.5 Å². The fourth-order valence-electron chi connectivity index (χ4n) is 3.21. The van der Waals surface area contributed by atoms with Crippen molar-refractivity contribution in [3.8, 4) is 11.5 Å². The zero-order valence-electron chi connectivity index (χ0n) is 15.7. The van der Waals surface area contributed by atoms with Crippen molar-refractivity contribution in [2.75, 3.05) is 21.3 Å². The summed E-state index contributed by atoms with van der Waals surface area (Å²) in [6, 6.07) is 13.6. The molecule has 0 aliphatic carbocycles.